The number of rotatable bonds is 16. The number of Topliss-reactive ketones (excluding diaryl/α,β-unsaturated/α-hetero) is 1. The van der Waals surface area contributed by atoms with E-state index in [1.165, 1.54) is 45.2 Å². The predicted molar refractivity (Wildman–Crippen MR) is 185 cm³/mol. The molecule has 10 nitrogen and oxygen atoms in total. The van der Waals surface area contributed by atoms with E-state index in [1.807, 2.05) is 6.07 Å². The van der Waals surface area contributed by atoms with Crippen LogP contribution >= 0.6 is 11.6 Å². The van der Waals surface area contributed by atoms with Crippen molar-refractivity contribution in [1.82, 2.24) is 16.0 Å². The van der Waals surface area contributed by atoms with Crippen molar-refractivity contribution in [2.45, 2.75) is 77.5 Å². The smallest absolute Gasteiger partial charge is 0.452 e. The standard InChI is InChI=1S/C37H43ClF3N3O7/c1-22(2)31(33(46)37(39,40)41)43-35(48)32(25-12-16-27(49-6)17-13-25)44-34(47)29(42-20-24-8-7-9-26(38)18-24)19-23-10-14-28(15-11-23)50-21-30(45)51-36(3,4)5/h7-18,22,29,31-32,42H,19-21H2,1-6H3,(H,43,48)(H,44,47)/t29-,31-,32-/m0/s1. The lowest BCUT2D eigenvalue weighted by molar-refractivity contribution is -0.175. The maximum atomic E-state index is 14.0. The van der Waals surface area contributed by atoms with E-state index in [0.717, 1.165) is 5.56 Å². The number of methoxy groups -OCH3 is 1. The Labute approximate surface area is 300 Å². The van der Waals surface area contributed by atoms with Gasteiger partial charge in [0.25, 0.3) is 5.78 Å². The Bertz CT molecular complexity index is 1640. The molecule has 14 heteroatoms. The number of benzene rings is 3. The molecule has 3 aromatic rings. The van der Waals surface area contributed by atoms with Crippen molar-refractivity contribution in [2.75, 3.05) is 13.7 Å². The number of esters is 1. The number of hydrogen-bond donors (Lipinski definition) is 3. The molecule has 0 aliphatic heterocycles. The van der Waals surface area contributed by atoms with E-state index in [1.54, 1.807) is 63.2 Å². The minimum atomic E-state index is -5.19. The van der Waals surface area contributed by atoms with Gasteiger partial charge in [0, 0.05) is 11.6 Å². The molecule has 0 aliphatic carbocycles. The molecule has 3 aromatic carbocycles. The number of carbonyl (C=O) groups excluding carboxylic acids is 4. The summed E-state index contributed by atoms with van der Waals surface area (Å²) in [5, 5.41) is 8.55. The van der Waals surface area contributed by atoms with Crippen LogP contribution in [0.25, 0.3) is 0 Å². The monoisotopic (exact) mass is 733 g/mol. The first-order valence-corrected chi connectivity index (χ1v) is 16.5. The average molecular weight is 734 g/mol. The third-order valence-corrected chi connectivity index (χ3v) is 7.66. The van der Waals surface area contributed by atoms with Crippen LogP contribution < -0.4 is 25.4 Å². The van der Waals surface area contributed by atoms with Crippen LogP contribution in [0, 0.1) is 5.92 Å². The molecule has 0 radical (unpaired) electrons. The van der Waals surface area contributed by atoms with Crippen LogP contribution in [0.3, 0.4) is 0 Å². The van der Waals surface area contributed by atoms with Gasteiger partial charge in [-0.05, 0) is 86.2 Å². The highest BCUT2D eigenvalue weighted by Crippen LogP contribution is 2.24. The normalized spacial score (nSPS) is 13.5. The Morgan fingerprint density at radius 2 is 1.45 bits per heavy atom. The minimum Gasteiger partial charge on any atom is -0.497 e. The van der Waals surface area contributed by atoms with Crippen LogP contribution in [0.15, 0.2) is 72.8 Å². The number of hydrogen-bond acceptors (Lipinski definition) is 8. The van der Waals surface area contributed by atoms with Crippen LogP contribution in [0.4, 0.5) is 13.2 Å². The van der Waals surface area contributed by atoms with Gasteiger partial charge in [-0.2, -0.15) is 13.2 Å². The molecule has 3 rings (SSSR count). The molecule has 0 saturated heterocycles. The van der Waals surface area contributed by atoms with E-state index in [9.17, 15) is 32.3 Å². The van der Waals surface area contributed by atoms with Crippen molar-refractivity contribution in [3.05, 3.63) is 94.5 Å². The molecule has 0 spiro atoms. The lowest BCUT2D eigenvalue weighted by atomic mass is 9.97. The topological polar surface area (TPSA) is 132 Å². The Kier molecular flexibility index (Phi) is 14.4. The molecule has 3 N–H and O–H groups in total. The fourth-order valence-corrected chi connectivity index (χ4v) is 5.12. The molecule has 51 heavy (non-hydrogen) atoms. The first-order chi connectivity index (χ1) is 23.9. The summed E-state index contributed by atoms with van der Waals surface area (Å²) in [6.07, 6.45) is -5.08. The molecule has 0 bridgehead atoms. The van der Waals surface area contributed by atoms with Crippen LogP contribution in [-0.4, -0.2) is 61.1 Å². The second-order valence-corrected chi connectivity index (χ2v) is 13.5. The minimum absolute atomic E-state index is 0.108. The van der Waals surface area contributed by atoms with Crippen molar-refractivity contribution in [3.63, 3.8) is 0 Å². The third-order valence-electron chi connectivity index (χ3n) is 7.42. The van der Waals surface area contributed by atoms with Crippen molar-refractivity contribution < 1.29 is 46.6 Å². The molecule has 3 atom stereocenters. The number of carbonyl (C=O) groups is 4. The number of ketones is 1. The van der Waals surface area contributed by atoms with Gasteiger partial charge in [0.05, 0.1) is 19.2 Å². The molecule has 0 aromatic heterocycles. The summed E-state index contributed by atoms with van der Waals surface area (Å²) in [5.41, 5.74) is 1.02. The number of nitrogens with one attached hydrogen (secondary N) is 3. The highest BCUT2D eigenvalue weighted by atomic mass is 35.5. The molecule has 0 saturated carbocycles. The van der Waals surface area contributed by atoms with E-state index in [2.05, 4.69) is 16.0 Å². The largest absolute Gasteiger partial charge is 0.497 e. The van der Waals surface area contributed by atoms with Gasteiger partial charge in [0.15, 0.2) is 6.61 Å². The molecule has 2 amide bonds. The number of alkyl halides is 3. The van der Waals surface area contributed by atoms with E-state index in [4.69, 9.17) is 25.8 Å². The van der Waals surface area contributed by atoms with Crippen LogP contribution in [-0.2, 0) is 36.9 Å². The fraction of sp³-hybridized carbons (Fsp3) is 0.405. The van der Waals surface area contributed by atoms with Crippen molar-refractivity contribution in [2.24, 2.45) is 5.92 Å². The Balaban J connectivity index is 1.88. The predicted octanol–water partition coefficient (Wildman–Crippen LogP) is 5.90. The average Bonchev–Trinajstić information content (AvgIpc) is 3.05. The van der Waals surface area contributed by atoms with Gasteiger partial charge in [0.2, 0.25) is 11.8 Å². The zero-order valence-corrected chi connectivity index (χ0v) is 30.0. The summed E-state index contributed by atoms with van der Waals surface area (Å²) in [7, 11) is 1.44. The molecule has 0 fully saturated rings. The van der Waals surface area contributed by atoms with Gasteiger partial charge in [-0.15, -0.1) is 0 Å². The summed E-state index contributed by atoms with van der Waals surface area (Å²) < 4.78 is 56.3. The Morgan fingerprint density at radius 3 is 2.00 bits per heavy atom. The zero-order chi connectivity index (χ0) is 37.9. The van der Waals surface area contributed by atoms with E-state index in [-0.39, 0.29) is 25.1 Å². The summed E-state index contributed by atoms with van der Waals surface area (Å²) in [4.78, 5) is 51.9. The lowest BCUT2D eigenvalue weighted by Crippen LogP contribution is -2.54. The van der Waals surface area contributed by atoms with Gasteiger partial charge in [-0.1, -0.05) is 61.8 Å². The van der Waals surface area contributed by atoms with Crippen LogP contribution in [0.5, 0.6) is 11.5 Å². The van der Waals surface area contributed by atoms with Crippen molar-refractivity contribution in [3.8, 4) is 11.5 Å². The van der Waals surface area contributed by atoms with Gasteiger partial charge in [-0.25, -0.2) is 4.79 Å². The first-order valence-electron chi connectivity index (χ1n) is 16.1. The fourth-order valence-electron chi connectivity index (χ4n) is 4.90. The Hall–Kier alpha value is -4.62. The van der Waals surface area contributed by atoms with Crippen LogP contribution in [0.2, 0.25) is 5.02 Å². The molecule has 0 heterocycles. The first kappa shape index (κ1) is 40.8. The van der Waals surface area contributed by atoms with Gasteiger partial charge in [-0.3, -0.25) is 14.4 Å². The summed E-state index contributed by atoms with van der Waals surface area (Å²) in [6, 6.07) is 15.4. The van der Waals surface area contributed by atoms with Gasteiger partial charge in [0.1, 0.15) is 23.1 Å². The lowest BCUT2D eigenvalue weighted by Gasteiger charge is -2.27. The molecule has 276 valence electrons. The number of halogens is 4. The highest BCUT2D eigenvalue weighted by molar-refractivity contribution is 6.30. The maximum Gasteiger partial charge on any atom is 0.452 e. The van der Waals surface area contributed by atoms with E-state index in [0.29, 0.717) is 22.1 Å². The SMILES string of the molecule is COc1ccc([C@H](NC(=O)[C@H](Cc2ccc(OCC(=O)OC(C)(C)C)cc2)NCc2cccc(Cl)c2)C(=O)N[C@H](C(=O)C(F)(F)F)C(C)C)cc1. The number of amides is 2. The van der Waals surface area contributed by atoms with Crippen molar-refractivity contribution >= 4 is 35.2 Å². The zero-order valence-electron chi connectivity index (χ0n) is 29.2. The highest BCUT2D eigenvalue weighted by Gasteiger charge is 2.45. The third kappa shape index (κ3) is 13.2. The van der Waals surface area contributed by atoms with Crippen LogP contribution in [0.1, 0.15) is 57.4 Å². The molecular formula is C37H43ClF3N3O7. The van der Waals surface area contributed by atoms with Gasteiger partial charge >= 0.3 is 12.1 Å². The second-order valence-electron chi connectivity index (χ2n) is 13.1. The van der Waals surface area contributed by atoms with E-state index >= 15 is 0 Å². The molecule has 0 aliphatic rings. The van der Waals surface area contributed by atoms with Crippen molar-refractivity contribution in [1.29, 1.82) is 0 Å². The molecule has 0 unspecified atom stereocenters. The molecular weight excluding hydrogens is 691 g/mol. The summed E-state index contributed by atoms with van der Waals surface area (Å²) in [5.74, 6) is -4.38. The second kappa shape index (κ2) is 18.0. The quantitative estimate of drug-likeness (QED) is 0.155. The number of ether oxygens (including phenoxy) is 3. The Morgan fingerprint density at radius 1 is 0.824 bits per heavy atom. The van der Waals surface area contributed by atoms with Gasteiger partial charge < -0.3 is 30.2 Å². The maximum absolute atomic E-state index is 14.0. The summed E-state index contributed by atoms with van der Waals surface area (Å²) in [6.45, 7) is 7.88. The van der Waals surface area contributed by atoms with E-state index < -0.39 is 59.4 Å². The summed E-state index contributed by atoms with van der Waals surface area (Å²) >= 11 is 6.16.